The van der Waals surface area contributed by atoms with Crippen molar-refractivity contribution in [2.24, 2.45) is 0 Å². The van der Waals surface area contributed by atoms with E-state index in [1.165, 1.54) is 4.31 Å². The van der Waals surface area contributed by atoms with Gasteiger partial charge in [-0.15, -0.1) is 0 Å². The van der Waals surface area contributed by atoms with Gasteiger partial charge >= 0.3 is 6.18 Å². The fourth-order valence-electron chi connectivity index (χ4n) is 4.37. The maximum Gasteiger partial charge on any atom is 0.421 e. The molecule has 1 N–H and O–H groups in total. The summed E-state index contributed by atoms with van der Waals surface area (Å²) in [5.41, 5.74) is -3.43. The Balaban J connectivity index is 1.45. The molecule has 0 bridgehead atoms. The zero-order valence-electron chi connectivity index (χ0n) is 18.0. The van der Waals surface area contributed by atoms with Crippen molar-refractivity contribution in [2.75, 3.05) is 26.2 Å². The van der Waals surface area contributed by atoms with Gasteiger partial charge in [-0.25, -0.2) is 13.4 Å². The summed E-state index contributed by atoms with van der Waals surface area (Å²) in [7, 11) is -3.88. The number of hydrogen-bond acceptors (Lipinski definition) is 5. The van der Waals surface area contributed by atoms with Crippen molar-refractivity contribution in [1.82, 2.24) is 18.8 Å². The first-order valence-corrected chi connectivity index (χ1v) is 11.9. The second kappa shape index (κ2) is 7.82. The summed E-state index contributed by atoms with van der Waals surface area (Å²) in [5.74, 6) is 0. The quantitative estimate of drug-likeness (QED) is 0.699. The molecule has 0 spiro atoms. The number of aliphatic hydroxyl groups is 1. The molecule has 4 rings (SSSR count). The minimum absolute atomic E-state index is 0.0303. The van der Waals surface area contributed by atoms with Crippen LogP contribution >= 0.6 is 0 Å². The minimum Gasteiger partial charge on any atom is -0.376 e. The van der Waals surface area contributed by atoms with Gasteiger partial charge in [0, 0.05) is 44.6 Å². The van der Waals surface area contributed by atoms with E-state index < -0.39 is 27.4 Å². The average Bonchev–Trinajstić information content (AvgIpc) is 3.27. The van der Waals surface area contributed by atoms with Crippen LogP contribution in [0.2, 0.25) is 0 Å². The number of sulfonamides is 1. The monoisotopic (exact) mass is 472 g/mol. The third-order valence-corrected chi connectivity index (χ3v) is 8.65. The van der Waals surface area contributed by atoms with Crippen molar-refractivity contribution in [1.29, 1.82) is 0 Å². The average molecular weight is 473 g/mol. The Kier molecular flexibility index (Phi) is 5.68. The predicted octanol–water partition coefficient (Wildman–Crippen LogP) is 2.54. The van der Waals surface area contributed by atoms with Crippen molar-refractivity contribution < 1.29 is 26.7 Å². The summed E-state index contributed by atoms with van der Waals surface area (Å²) in [6.45, 7) is 4.74. The molecule has 11 heteroatoms. The smallest absolute Gasteiger partial charge is 0.376 e. The van der Waals surface area contributed by atoms with E-state index in [4.69, 9.17) is 0 Å². The Bertz CT molecular complexity index is 1050. The van der Waals surface area contributed by atoms with E-state index >= 15 is 0 Å². The SMILES string of the molecule is C[C@@H]1CN(CC2(n3ccnc3)CC2)CCN1S(=O)(=O)c1ccc(C(C)(O)C(F)(F)F)cc1. The van der Waals surface area contributed by atoms with E-state index in [0.29, 0.717) is 26.6 Å². The minimum atomic E-state index is -4.87. The Morgan fingerprint density at radius 1 is 1.19 bits per heavy atom. The zero-order chi connectivity index (χ0) is 23.4. The topological polar surface area (TPSA) is 78.7 Å². The van der Waals surface area contributed by atoms with Crippen molar-refractivity contribution in [3.05, 3.63) is 48.5 Å². The Hall–Kier alpha value is -1.95. The van der Waals surface area contributed by atoms with Gasteiger partial charge < -0.3 is 9.67 Å². The number of aromatic nitrogens is 2. The standard InChI is InChI=1S/C21H27F3N4O3S/c1-16-13-26(14-20(7-8-20)27-10-9-25-15-27)11-12-28(16)32(30,31)18-5-3-17(4-6-18)19(2,29)21(22,23)24/h3-6,9-10,15-16,29H,7-8,11-14H2,1-2H3/t16-,19?/m1/s1. The molecule has 1 unspecified atom stereocenters. The van der Waals surface area contributed by atoms with Crippen LogP contribution in [-0.2, 0) is 21.2 Å². The van der Waals surface area contributed by atoms with Crippen molar-refractivity contribution in [3.8, 4) is 0 Å². The number of halogens is 3. The first-order chi connectivity index (χ1) is 14.9. The van der Waals surface area contributed by atoms with Gasteiger partial charge in [0.25, 0.3) is 0 Å². The normalized spacial score (nSPS) is 24.2. The number of piperazine rings is 1. The number of alkyl halides is 3. The van der Waals surface area contributed by atoms with Crippen molar-refractivity contribution >= 4 is 10.0 Å². The van der Waals surface area contributed by atoms with Crippen LogP contribution in [0, 0.1) is 0 Å². The molecule has 2 aromatic rings. The maximum atomic E-state index is 13.2. The van der Waals surface area contributed by atoms with Gasteiger partial charge in [0.1, 0.15) is 0 Å². The second-order valence-corrected chi connectivity index (χ2v) is 10.9. The first kappa shape index (κ1) is 23.2. The summed E-state index contributed by atoms with van der Waals surface area (Å²) in [6.07, 6.45) is 2.78. The van der Waals surface area contributed by atoms with Crippen LogP contribution in [-0.4, -0.2) is 70.7 Å². The summed E-state index contributed by atoms with van der Waals surface area (Å²) in [5, 5.41) is 9.81. The zero-order valence-corrected chi connectivity index (χ0v) is 18.8. The van der Waals surface area contributed by atoms with Gasteiger partial charge in [-0.1, -0.05) is 12.1 Å². The molecular weight excluding hydrogens is 445 g/mol. The summed E-state index contributed by atoms with van der Waals surface area (Å²) in [6, 6.07) is 4.00. The van der Waals surface area contributed by atoms with Crippen LogP contribution in [0.4, 0.5) is 13.2 Å². The van der Waals surface area contributed by atoms with Gasteiger partial charge in [-0.2, -0.15) is 17.5 Å². The first-order valence-electron chi connectivity index (χ1n) is 10.5. The molecule has 1 aromatic carbocycles. The maximum absolute atomic E-state index is 13.2. The molecule has 32 heavy (non-hydrogen) atoms. The lowest BCUT2D eigenvalue weighted by atomic mass is 9.96. The van der Waals surface area contributed by atoms with Crippen LogP contribution in [0.25, 0.3) is 0 Å². The number of nitrogens with zero attached hydrogens (tertiary/aromatic N) is 4. The highest BCUT2D eigenvalue weighted by molar-refractivity contribution is 7.89. The highest BCUT2D eigenvalue weighted by Gasteiger charge is 2.51. The number of imidazole rings is 1. The van der Waals surface area contributed by atoms with E-state index in [-0.39, 0.29) is 16.5 Å². The third-order valence-electron chi connectivity index (χ3n) is 6.62. The molecule has 1 aliphatic carbocycles. The molecule has 1 saturated heterocycles. The van der Waals surface area contributed by atoms with Crippen LogP contribution in [0.1, 0.15) is 32.3 Å². The summed E-state index contributed by atoms with van der Waals surface area (Å²) in [4.78, 5) is 6.30. The lowest BCUT2D eigenvalue weighted by Crippen LogP contribution is -2.55. The van der Waals surface area contributed by atoms with Crippen LogP contribution in [0.3, 0.4) is 0 Å². The molecule has 1 aromatic heterocycles. The Labute approximate surface area is 185 Å². The Morgan fingerprint density at radius 3 is 2.34 bits per heavy atom. The van der Waals surface area contributed by atoms with Crippen LogP contribution in [0.5, 0.6) is 0 Å². The van der Waals surface area contributed by atoms with Crippen molar-refractivity contribution in [3.63, 3.8) is 0 Å². The van der Waals surface area contributed by atoms with Gasteiger partial charge in [0.15, 0.2) is 5.60 Å². The summed E-state index contributed by atoms with van der Waals surface area (Å²) < 4.78 is 69.0. The fraction of sp³-hybridized carbons (Fsp3) is 0.571. The highest BCUT2D eigenvalue weighted by Crippen LogP contribution is 2.44. The molecule has 2 atom stereocenters. The van der Waals surface area contributed by atoms with Gasteiger partial charge in [-0.3, -0.25) is 4.90 Å². The molecule has 0 radical (unpaired) electrons. The van der Waals surface area contributed by atoms with Gasteiger partial charge in [0.2, 0.25) is 10.0 Å². The molecular formula is C21H27F3N4O3S. The van der Waals surface area contributed by atoms with Crippen LogP contribution in [0.15, 0.2) is 47.9 Å². The van der Waals surface area contributed by atoms with Gasteiger partial charge in [0.05, 0.1) is 16.8 Å². The lowest BCUT2D eigenvalue weighted by molar-refractivity contribution is -0.258. The molecule has 2 fully saturated rings. The molecule has 7 nitrogen and oxygen atoms in total. The van der Waals surface area contributed by atoms with E-state index in [0.717, 1.165) is 43.7 Å². The summed E-state index contributed by atoms with van der Waals surface area (Å²) >= 11 is 0. The van der Waals surface area contributed by atoms with E-state index in [9.17, 15) is 26.7 Å². The predicted molar refractivity (Wildman–Crippen MR) is 111 cm³/mol. The van der Waals surface area contributed by atoms with Crippen LogP contribution < -0.4 is 0 Å². The largest absolute Gasteiger partial charge is 0.421 e. The molecule has 2 heterocycles. The second-order valence-electron chi connectivity index (χ2n) is 8.99. The lowest BCUT2D eigenvalue weighted by Gasteiger charge is -2.40. The van der Waals surface area contributed by atoms with E-state index in [1.54, 1.807) is 6.20 Å². The molecule has 1 aliphatic heterocycles. The van der Waals surface area contributed by atoms with Crippen molar-refractivity contribution in [2.45, 2.75) is 54.9 Å². The van der Waals surface area contributed by atoms with E-state index in [2.05, 4.69) is 14.5 Å². The number of hydrogen-bond donors (Lipinski definition) is 1. The molecule has 1 saturated carbocycles. The number of benzene rings is 1. The van der Waals surface area contributed by atoms with E-state index in [1.807, 2.05) is 19.4 Å². The molecule has 0 amide bonds. The third kappa shape index (κ3) is 4.07. The van der Waals surface area contributed by atoms with Gasteiger partial charge in [-0.05, 0) is 44.4 Å². The fourth-order valence-corrected chi connectivity index (χ4v) is 5.98. The number of rotatable bonds is 6. The molecule has 2 aliphatic rings. The highest BCUT2D eigenvalue weighted by atomic mass is 32.2. The molecule has 176 valence electrons. The Morgan fingerprint density at radius 2 is 1.84 bits per heavy atom.